The van der Waals surface area contributed by atoms with Gasteiger partial charge >= 0.3 is 0 Å². The number of nitrogens with zero attached hydrogens (tertiary/aromatic N) is 3. The molecule has 0 aromatic carbocycles. The van der Waals surface area contributed by atoms with Gasteiger partial charge in [0.1, 0.15) is 0 Å². The highest BCUT2D eigenvalue weighted by Gasteiger charge is 2.14. The van der Waals surface area contributed by atoms with Gasteiger partial charge in [-0.25, -0.2) is 9.50 Å². The molecule has 0 unspecified atom stereocenters. The fourth-order valence-corrected chi connectivity index (χ4v) is 1.98. The molecule has 0 amide bonds. The lowest BCUT2D eigenvalue weighted by molar-refractivity contribution is 0.383. The molecule has 0 atom stereocenters. The van der Waals surface area contributed by atoms with E-state index in [1.165, 1.54) is 0 Å². The van der Waals surface area contributed by atoms with Gasteiger partial charge in [-0.05, 0) is 32.9 Å². The molecule has 5 nitrogen and oxygen atoms in total. The molecule has 3 aromatic rings. The van der Waals surface area contributed by atoms with Crippen LogP contribution in [0.15, 0.2) is 41.2 Å². The Morgan fingerprint density at radius 3 is 2.90 bits per heavy atom. The predicted molar refractivity (Wildman–Crippen MR) is 77.3 cm³/mol. The summed E-state index contributed by atoms with van der Waals surface area (Å²) in [6, 6.07) is 5.94. The Morgan fingerprint density at radius 1 is 1.25 bits per heavy atom. The van der Waals surface area contributed by atoms with Crippen LogP contribution in [0.2, 0.25) is 0 Å². The molecule has 3 rings (SSSR count). The summed E-state index contributed by atoms with van der Waals surface area (Å²) >= 11 is 0. The quantitative estimate of drug-likeness (QED) is 0.795. The van der Waals surface area contributed by atoms with E-state index in [-0.39, 0.29) is 5.54 Å². The molecule has 3 heterocycles. The first-order chi connectivity index (χ1) is 9.53. The Morgan fingerprint density at radius 2 is 2.10 bits per heavy atom. The van der Waals surface area contributed by atoms with Gasteiger partial charge in [-0.15, -0.1) is 0 Å². The summed E-state index contributed by atoms with van der Waals surface area (Å²) in [4.78, 5) is 4.32. The molecule has 104 valence electrons. The van der Waals surface area contributed by atoms with Crippen LogP contribution in [0.1, 0.15) is 26.7 Å². The maximum absolute atomic E-state index is 5.80. The summed E-state index contributed by atoms with van der Waals surface area (Å²) in [6.07, 6.45) is 5.47. The lowest BCUT2D eigenvalue weighted by Gasteiger charge is -2.18. The standard InChI is InChI=1S/C15H18N4O/c1-15(2,3)17-10-14-16-9-13(20-14)11-8-18-19-7-5-4-6-12(11)19/h4-9,17H,10H2,1-3H3. The molecule has 0 bridgehead atoms. The van der Waals surface area contributed by atoms with E-state index in [9.17, 15) is 0 Å². The van der Waals surface area contributed by atoms with E-state index in [4.69, 9.17) is 4.42 Å². The number of oxazole rings is 1. The van der Waals surface area contributed by atoms with Gasteiger partial charge in [0.05, 0.1) is 30.0 Å². The summed E-state index contributed by atoms with van der Waals surface area (Å²) < 4.78 is 7.63. The van der Waals surface area contributed by atoms with Crippen LogP contribution in [0.5, 0.6) is 0 Å². The Labute approximate surface area is 117 Å². The molecule has 0 saturated carbocycles. The normalized spacial score (nSPS) is 12.2. The molecule has 0 aliphatic carbocycles. The highest BCUT2D eigenvalue weighted by Crippen LogP contribution is 2.25. The molecular weight excluding hydrogens is 252 g/mol. The van der Waals surface area contributed by atoms with Crippen LogP contribution in [0.4, 0.5) is 0 Å². The van der Waals surface area contributed by atoms with Gasteiger partial charge in [-0.2, -0.15) is 5.10 Å². The number of aromatic nitrogens is 3. The van der Waals surface area contributed by atoms with Crippen molar-refractivity contribution in [3.8, 4) is 11.3 Å². The number of hydrogen-bond donors (Lipinski definition) is 1. The number of hydrogen-bond acceptors (Lipinski definition) is 4. The fourth-order valence-electron chi connectivity index (χ4n) is 1.98. The monoisotopic (exact) mass is 270 g/mol. The molecule has 1 N–H and O–H groups in total. The molecule has 0 aliphatic heterocycles. The van der Waals surface area contributed by atoms with Crippen molar-refractivity contribution in [1.82, 2.24) is 19.9 Å². The fraction of sp³-hybridized carbons (Fsp3) is 0.333. The summed E-state index contributed by atoms with van der Waals surface area (Å²) in [7, 11) is 0. The van der Waals surface area contributed by atoms with Gasteiger partial charge in [-0.3, -0.25) is 0 Å². The summed E-state index contributed by atoms with van der Waals surface area (Å²) in [5.41, 5.74) is 2.01. The summed E-state index contributed by atoms with van der Waals surface area (Å²) in [6.45, 7) is 6.95. The third kappa shape index (κ3) is 2.58. The first kappa shape index (κ1) is 12.9. The minimum absolute atomic E-state index is 0.0407. The van der Waals surface area contributed by atoms with E-state index in [1.54, 1.807) is 12.4 Å². The maximum Gasteiger partial charge on any atom is 0.208 e. The van der Waals surface area contributed by atoms with E-state index in [1.807, 2.05) is 28.9 Å². The van der Waals surface area contributed by atoms with Gasteiger partial charge in [-0.1, -0.05) is 6.07 Å². The van der Waals surface area contributed by atoms with Gasteiger partial charge in [0.25, 0.3) is 0 Å². The molecular formula is C15H18N4O. The van der Waals surface area contributed by atoms with Crippen LogP contribution in [-0.2, 0) is 6.54 Å². The molecule has 0 spiro atoms. The highest BCUT2D eigenvalue weighted by molar-refractivity contribution is 5.76. The van der Waals surface area contributed by atoms with E-state index in [0.717, 1.165) is 16.8 Å². The van der Waals surface area contributed by atoms with Crippen LogP contribution in [0.3, 0.4) is 0 Å². The van der Waals surface area contributed by atoms with Gasteiger partial charge in [0.2, 0.25) is 5.89 Å². The lowest BCUT2D eigenvalue weighted by Crippen LogP contribution is -2.35. The number of nitrogens with one attached hydrogen (secondary N) is 1. The molecule has 0 saturated heterocycles. The van der Waals surface area contributed by atoms with Crippen molar-refractivity contribution in [3.63, 3.8) is 0 Å². The van der Waals surface area contributed by atoms with Gasteiger partial charge < -0.3 is 9.73 Å². The van der Waals surface area contributed by atoms with Crippen molar-refractivity contribution >= 4 is 5.52 Å². The first-order valence-corrected chi connectivity index (χ1v) is 6.65. The predicted octanol–water partition coefficient (Wildman–Crippen LogP) is 2.88. The van der Waals surface area contributed by atoms with Crippen molar-refractivity contribution in [1.29, 1.82) is 0 Å². The minimum Gasteiger partial charge on any atom is -0.439 e. The van der Waals surface area contributed by atoms with Crippen LogP contribution in [0.25, 0.3) is 16.8 Å². The van der Waals surface area contributed by atoms with Gasteiger partial charge in [0, 0.05) is 11.7 Å². The molecule has 0 radical (unpaired) electrons. The van der Waals surface area contributed by atoms with E-state index in [0.29, 0.717) is 12.4 Å². The van der Waals surface area contributed by atoms with Crippen molar-refractivity contribution in [3.05, 3.63) is 42.7 Å². The summed E-state index contributed by atoms with van der Waals surface area (Å²) in [5, 5.41) is 7.66. The zero-order valence-electron chi connectivity index (χ0n) is 11.9. The zero-order chi connectivity index (χ0) is 14.2. The second kappa shape index (κ2) is 4.76. The molecule has 20 heavy (non-hydrogen) atoms. The van der Waals surface area contributed by atoms with Crippen molar-refractivity contribution < 1.29 is 4.42 Å². The smallest absolute Gasteiger partial charge is 0.208 e. The molecule has 5 heteroatoms. The Bertz CT molecular complexity index is 721. The SMILES string of the molecule is CC(C)(C)NCc1ncc(-c2cnn3ccccc23)o1. The van der Waals surface area contributed by atoms with Crippen LogP contribution >= 0.6 is 0 Å². The van der Waals surface area contributed by atoms with Crippen molar-refractivity contribution in [2.75, 3.05) is 0 Å². The second-order valence-corrected chi connectivity index (χ2v) is 5.81. The van der Waals surface area contributed by atoms with Crippen molar-refractivity contribution in [2.45, 2.75) is 32.9 Å². The Balaban J connectivity index is 1.86. The third-order valence-corrected chi connectivity index (χ3v) is 3.02. The lowest BCUT2D eigenvalue weighted by atomic mass is 10.1. The minimum atomic E-state index is 0.0407. The average Bonchev–Trinajstić information content (AvgIpc) is 3.01. The largest absolute Gasteiger partial charge is 0.439 e. The molecule has 0 aliphatic rings. The number of pyridine rings is 1. The van der Waals surface area contributed by atoms with E-state index in [2.05, 4.69) is 36.2 Å². The Hall–Kier alpha value is -2.14. The second-order valence-electron chi connectivity index (χ2n) is 5.81. The van der Waals surface area contributed by atoms with Crippen LogP contribution in [-0.4, -0.2) is 20.1 Å². The van der Waals surface area contributed by atoms with Gasteiger partial charge in [0.15, 0.2) is 5.76 Å². The highest BCUT2D eigenvalue weighted by atomic mass is 16.4. The molecule has 0 fully saturated rings. The number of rotatable bonds is 3. The molecule has 3 aromatic heterocycles. The maximum atomic E-state index is 5.80. The van der Waals surface area contributed by atoms with Crippen molar-refractivity contribution in [2.24, 2.45) is 0 Å². The first-order valence-electron chi connectivity index (χ1n) is 6.65. The summed E-state index contributed by atoms with van der Waals surface area (Å²) in [5.74, 6) is 1.43. The zero-order valence-corrected chi connectivity index (χ0v) is 11.9. The van der Waals surface area contributed by atoms with E-state index < -0.39 is 0 Å². The van der Waals surface area contributed by atoms with Crippen LogP contribution < -0.4 is 5.32 Å². The van der Waals surface area contributed by atoms with Crippen LogP contribution in [0, 0.1) is 0 Å². The number of fused-ring (bicyclic) bond motifs is 1. The van der Waals surface area contributed by atoms with E-state index >= 15 is 0 Å². The topological polar surface area (TPSA) is 55.4 Å². The Kier molecular flexibility index (Phi) is 3.06. The third-order valence-electron chi connectivity index (χ3n) is 3.02. The average molecular weight is 270 g/mol.